The van der Waals surface area contributed by atoms with Gasteiger partial charge in [-0.05, 0) is 44.7 Å². The molecule has 0 amide bonds. The van der Waals surface area contributed by atoms with Crippen LogP contribution < -0.4 is 5.32 Å². The van der Waals surface area contributed by atoms with Gasteiger partial charge in [0.2, 0.25) is 0 Å². The molecule has 1 atom stereocenters. The smallest absolute Gasteiger partial charge is 0.0220 e. The Hall–Kier alpha value is -0.0800. The Morgan fingerprint density at radius 1 is 1.13 bits per heavy atom. The molecule has 15 heavy (non-hydrogen) atoms. The van der Waals surface area contributed by atoms with Crippen LogP contribution in [0.4, 0.5) is 0 Å². The molecule has 1 saturated carbocycles. The maximum absolute atomic E-state index is 3.52. The molecule has 0 spiro atoms. The number of likely N-dealkylation sites (tertiary alicyclic amines) is 1. The summed E-state index contributed by atoms with van der Waals surface area (Å²) in [4.78, 5) is 2.76. The Kier molecular flexibility index (Phi) is 4.45. The molecule has 2 nitrogen and oxygen atoms in total. The highest BCUT2D eigenvalue weighted by Gasteiger charge is 2.26. The summed E-state index contributed by atoms with van der Waals surface area (Å²) in [6.07, 6.45) is 8.75. The van der Waals surface area contributed by atoms with Gasteiger partial charge in [0, 0.05) is 19.1 Å². The number of piperidine rings is 1. The monoisotopic (exact) mass is 210 g/mol. The summed E-state index contributed by atoms with van der Waals surface area (Å²) in [6.45, 7) is 7.28. The zero-order chi connectivity index (χ0) is 10.5. The predicted octanol–water partition coefficient (Wildman–Crippen LogP) is 2.25. The van der Waals surface area contributed by atoms with Crippen LogP contribution in [0.25, 0.3) is 0 Å². The summed E-state index contributed by atoms with van der Waals surface area (Å²) in [5.41, 5.74) is 0. The van der Waals surface area contributed by atoms with Gasteiger partial charge in [-0.25, -0.2) is 0 Å². The number of likely N-dealkylation sites (N-methyl/N-ethyl adjacent to an activating group) is 1. The molecule has 2 heteroatoms. The Labute approximate surface area is 94.4 Å². The van der Waals surface area contributed by atoms with E-state index in [2.05, 4.69) is 17.1 Å². The van der Waals surface area contributed by atoms with E-state index in [0.717, 1.165) is 18.5 Å². The average Bonchev–Trinajstić information content (AvgIpc) is 2.22. The summed E-state index contributed by atoms with van der Waals surface area (Å²) in [5, 5.41) is 3.52. The van der Waals surface area contributed by atoms with Gasteiger partial charge in [-0.2, -0.15) is 0 Å². The lowest BCUT2D eigenvalue weighted by atomic mass is 9.84. The molecule has 1 heterocycles. The molecule has 0 bridgehead atoms. The first-order valence-corrected chi connectivity index (χ1v) is 6.85. The van der Waals surface area contributed by atoms with Crippen molar-refractivity contribution < 1.29 is 0 Å². The molecule has 1 aliphatic heterocycles. The fourth-order valence-corrected chi connectivity index (χ4v) is 2.85. The molecular formula is C13H26N2. The lowest BCUT2D eigenvalue weighted by Crippen LogP contribution is -2.48. The van der Waals surface area contributed by atoms with E-state index in [-0.39, 0.29) is 0 Å². The lowest BCUT2D eigenvalue weighted by Gasteiger charge is -2.40. The van der Waals surface area contributed by atoms with Crippen LogP contribution in [0.2, 0.25) is 0 Å². The highest BCUT2D eigenvalue weighted by Crippen LogP contribution is 2.29. The van der Waals surface area contributed by atoms with Crippen LogP contribution in [0, 0.1) is 5.92 Å². The minimum atomic E-state index is 0.833. The van der Waals surface area contributed by atoms with Gasteiger partial charge in [0.15, 0.2) is 0 Å². The van der Waals surface area contributed by atoms with Crippen molar-refractivity contribution in [2.45, 2.75) is 51.5 Å². The van der Waals surface area contributed by atoms with E-state index in [1.54, 1.807) is 0 Å². The number of rotatable bonds is 5. The topological polar surface area (TPSA) is 15.3 Å². The van der Waals surface area contributed by atoms with E-state index in [1.807, 2.05) is 0 Å². The quantitative estimate of drug-likeness (QED) is 0.749. The van der Waals surface area contributed by atoms with E-state index >= 15 is 0 Å². The van der Waals surface area contributed by atoms with E-state index in [0.29, 0.717) is 0 Å². The molecule has 88 valence electrons. The molecule has 0 aromatic heterocycles. The third kappa shape index (κ3) is 3.18. The van der Waals surface area contributed by atoms with Crippen molar-refractivity contribution >= 4 is 0 Å². The van der Waals surface area contributed by atoms with E-state index in [4.69, 9.17) is 0 Å². The third-order valence-electron chi connectivity index (χ3n) is 4.10. The van der Waals surface area contributed by atoms with Gasteiger partial charge < -0.3 is 5.32 Å². The molecule has 2 aliphatic rings. The SMILES string of the molecule is CCNCC1CCCCN1CC1CCC1. The van der Waals surface area contributed by atoms with Crippen LogP contribution in [0.3, 0.4) is 0 Å². The molecule has 1 aliphatic carbocycles. The molecule has 0 aromatic carbocycles. The fraction of sp³-hybridized carbons (Fsp3) is 1.00. The number of hydrogen-bond donors (Lipinski definition) is 1. The van der Waals surface area contributed by atoms with Gasteiger partial charge >= 0.3 is 0 Å². The first-order chi connectivity index (χ1) is 7.40. The molecule has 2 rings (SSSR count). The molecule has 0 radical (unpaired) electrons. The minimum Gasteiger partial charge on any atom is -0.315 e. The van der Waals surface area contributed by atoms with Crippen LogP contribution in [0.1, 0.15) is 45.4 Å². The molecule has 1 saturated heterocycles. The van der Waals surface area contributed by atoms with Crippen molar-refractivity contribution in [3.05, 3.63) is 0 Å². The van der Waals surface area contributed by atoms with Crippen LogP contribution in [0.5, 0.6) is 0 Å². The summed E-state index contributed by atoms with van der Waals surface area (Å²) < 4.78 is 0. The normalized spacial score (nSPS) is 29.0. The number of nitrogens with zero attached hydrogens (tertiary/aromatic N) is 1. The zero-order valence-electron chi connectivity index (χ0n) is 10.2. The maximum atomic E-state index is 3.52. The van der Waals surface area contributed by atoms with Crippen LogP contribution in [-0.2, 0) is 0 Å². The Morgan fingerprint density at radius 2 is 2.00 bits per heavy atom. The maximum Gasteiger partial charge on any atom is 0.0220 e. The van der Waals surface area contributed by atoms with Crippen molar-refractivity contribution in [1.82, 2.24) is 10.2 Å². The molecule has 1 unspecified atom stereocenters. The Bertz CT molecular complexity index is 177. The summed E-state index contributed by atoms with van der Waals surface area (Å²) in [7, 11) is 0. The minimum absolute atomic E-state index is 0.833. The first-order valence-electron chi connectivity index (χ1n) is 6.85. The van der Waals surface area contributed by atoms with Gasteiger partial charge in [0.1, 0.15) is 0 Å². The van der Waals surface area contributed by atoms with Gasteiger partial charge in [-0.3, -0.25) is 4.90 Å². The van der Waals surface area contributed by atoms with Crippen LogP contribution >= 0.6 is 0 Å². The second kappa shape index (κ2) is 5.86. The van der Waals surface area contributed by atoms with Crippen molar-refractivity contribution in [1.29, 1.82) is 0 Å². The Balaban J connectivity index is 1.76. The lowest BCUT2D eigenvalue weighted by molar-refractivity contribution is 0.0999. The number of nitrogens with one attached hydrogen (secondary N) is 1. The summed E-state index contributed by atoms with van der Waals surface area (Å²) >= 11 is 0. The van der Waals surface area contributed by atoms with E-state index in [1.165, 1.54) is 58.2 Å². The zero-order valence-corrected chi connectivity index (χ0v) is 10.2. The molecule has 2 fully saturated rings. The summed E-state index contributed by atoms with van der Waals surface area (Å²) in [5.74, 6) is 1.03. The van der Waals surface area contributed by atoms with Gasteiger partial charge in [0.25, 0.3) is 0 Å². The molecular weight excluding hydrogens is 184 g/mol. The average molecular weight is 210 g/mol. The highest BCUT2D eigenvalue weighted by atomic mass is 15.2. The van der Waals surface area contributed by atoms with Crippen molar-refractivity contribution in [2.75, 3.05) is 26.2 Å². The fourth-order valence-electron chi connectivity index (χ4n) is 2.85. The highest BCUT2D eigenvalue weighted by molar-refractivity contribution is 4.82. The molecule has 1 N–H and O–H groups in total. The van der Waals surface area contributed by atoms with Gasteiger partial charge in [-0.15, -0.1) is 0 Å². The van der Waals surface area contributed by atoms with Gasteiger partial charge in [0.05, 0.1) is 0 Å². The van der Waals surface area contributed by atoms with Crippen molar-refractivity contribution in [3.8, 4) is 0 Å². The van der Waals surface area contributed by atoms with Crippen molar-refractivity contribution in [3.63, 3.8) is 0 Å². The second-order valence-electron chi connectivity index (χ2n) is 5.25. The molecule has 0 aromatic rings. The summed E-state index contributed by atoms with van der Waals surface area (Å²) in [6, 6.07) is 0.833. The number of hydrogen-bond acceptors (Lipinski definition) is 2. The van der Waals surface area contributed by atoms with E-state index in [9.17, 15) is 0 Å². The standard InChI is InChI=1S/C13H26N2/c1-2-14-10-13-8-3-4-9-15(13)11-12-6-5-7-12/h12-14H,2-11H2,1H3. The Morgan fingerprint density at radius 3 is 2.67 bits per heavy atom. The first kappa shape index (κ1) is 11.4. The van der Waals surface area contributed by atoms with E-state index < -0.39 is 0 Å². The van der Waals surface area contributed by atoms with Crippen LogP contribution in [-0.4, -0.2) is 37.1 Å². The largest absolute Gasteiger partial charge is 0.315 e. The van der Waals surface area contributed by atoms with Crippen molar-refractivity contribution in [2.24, 2.45) is 5.92 Å². The van der Waals surface area contributed by atoms with Gasteiger partial charge in [-0.1, -0.05) is 19.8 Å². The second-order valence-corrected chi connectivity index (χ2v) is 5.25. The predicted molar refractivity (Wildman–Crippen MR) is 65.1 cm³/mol. The van der Waals surface area contributed by atoms with Crippen LogP contribution in [0.15, 0.2) is 0 Å². The third-order valence-corrected chi connectivity index (χ3v) is 4.10.